The predicted molar refractivity (Wildman–Crippen MR) is 56.6 cm³/mol. The summed E-state index contributed by atoms with van der Waals surface area (Å²) in [5.74, 6) is -0.287. The second kappa shape index (κ2) is 6.77. The van der Waals surface area contributed by atoms with Gasteiger partial charge in [-0.2, -0.15) is 5.26 Å². The fourth-order valence-corrected chi connectivity index (χ4v) is 1.27. The molecule has 1 N–H and O–H groups in total. The van der Waals surface area contributed by atoms with Crippen molar-refractivity contribution in [1.29, 1.82) is 5.26 Å². The van der Waals surface area contributed by atoms with Crippen LogP contribution in [0.25, 0.3) is 0 Å². The highest BCUT2D eigenvalue weighted by Crippen LogP contribution is 2.12. The average Bonchev–Trinajstić information content (AvgIpc) is 2.10. The highest BCUT2D eigenvalue weighted by molar-refractivity contribution is 4.87. The Balaban J connectivity index is 3.87. The highest BCUT2D eigenvalue weighted by atomic mass is 16.3. The Bertz CT molecular complexity index is 186. The monoisotopic (exact) mass is 199 g/mol. The Morgan fingerprint density at radius 2 is 1.86 bits per heavy atom. The van der Waals surface area contributed by atoms with Gasteiger partial charge in [0.25, 0.3) is 0 Å². The lowest BCUT2D eigenvalue weighted by molar-refractivity contribution is 0.00496. The summed E-state index contributed by atoms with van der Waals surface area (Å²) in [7, 11) is 7.56. The van der Waals surface area contributed by atoms with Crippen molar-refractivity contribution in [2.75, 3.05) is 34.7 Å². The van der Waals surface area contributed by atoms with E-state index in [1.165, 1.54) is 0 Å². The Hall–Kier alpha value is -0.630. The van der Waals surface area contributed by atoms with E-state index in [4.69, 9.17) is 5.26 Å². The quantitative estimate of drug-likeness (QED) is 0.627. The van der Waals surface area contributed by atoms with Crippen molar-refractivity contribution >= 4 is 0 Å². The van der Waals surface area contributed by atoms with E-state index in [0.717, 1.165) is 19.4 Å². The molecule has 0 radical (unpaired) electrons. The van der Waals surface area contributed by atoms with Crippen LogP contribution >= 0.6 is 0 Å². The van der Waals surface area contributed by atoms with Gasteiger partial charge < -0.3 is 10.0 Å². The molecule has 82 valence electrons. The molecular weight excluding hydrogens is 178 g/mol. The molecule has 0 heterocycles. The number of rotatable bonds is 6. The van der Waals surface area contributed by atoms with Gasteiger partial charge >= 0.3 is 0 Å². The summed E-state index contributed by atoms with van der Waals surface area (Å²) in [6.45, 7) is 0.957. The zero-order chi connectivity index (χ0) is 11.1. The smallest absolute Gasteiger partial charge is 0.122 e. The van der Waals surface area contributed by atoms with Crippen LogP contribution in [0.5, 0.6) is 0 Å². The topological polar surface area (TPSA) is 50.5 Å². The summed E-state index contributed by atoms with van der Waals surface area (Å²) in [6, 6.07) is 2.15. The molecule has 14 heavy (non-hydrogen) atoms. The van der Waals surface area contributed by atoms with Gasteiger partial charge in [0.1, 0.15) is 6.23 Å². The highest BCUT2D eigenvalue weighted by Gasteiger charge is 2.19. The van der Waals surface area contributed by atoms with Crippen molar-refractivity contribution < 1.29 is 5.11 Å². The van der Waals surface area contributed by atoms with E-state index < -0.39 is 6.23 Å². The first-order valence-corrected chi connectivity index (χ1v) is 4.88. The summed E-state index contributed by atoms with van der Waals surface area (Å²) in [4.78, 5) is 3.75. The zero-order valence-electron chi connectivity index (χ0n) is 9.56. The molecule has 2 atom stereocenters. The minimum atomic E-state index is -0.651. The number of hydrogen-bond donors (Lipinski definition) is 1. The lowest BCUT2D eigenvalue weighted by atomic mass is 10.0. The van der Waals surface area contributed by atoms with Crippen LogP contribution in [-0.4, -0.2) is 55.9 Å². The van der Waals surface area contributed by atoms with Crippen LogP contribution in [-0.2, 0) is 0 Å². The minimum Gasteiger partial charge on any atom is -0.377 e. The van der Waals surface area contributed by atoms with Crippen LogP contribution in [0.1, 0.15) is 12.8 Å². The first kappa shape index (κ1) is 13.4. The first-order chi connectivity index (χ1) is 6.49. The van der Waals surface area contributed by atoms with Crippen LogP contribution in [0.3, 0.4) is 0 Å². The Kier molecular flexibility index (Phi) is 6.46. The van der Waals surface area contributed by atoms with E-state index in [-0.39, 0.29) is 5.92 Å². The minimum absolute atomic E-state index is 0.287. The van der Waals surface area contributed by atoms with Crippen LogP contribution in [0.2, 0.25) is 0 Å². The maximum atomic E-state index is 9.64. The zero-order valence-corrected chi connectivity index (χ0v) is 9.56. The molecule has 0 fully saturated rings. The van der Waals surface area contributed by atoms with E-state index in [2.05, 4.69) is 11.0 Å². The van der Waals surface area contributed by atoms with Crippen LogP contribution in [0.15, 0.2) is 0 Å². The molecule has 0 aromatic carbocycles. The molecule has 0 aliphatic rings. The van der Waals surface area contributed by atoms with Crippen molar-refractivity contribution in [1.82, 2.24) is 9.80 Å². The van der Waals surface area contributed by atoms with Gasteiger partial charge in [0, 0.05) is 0 Å². The van der Waals surface area contributed by atoms with Gasteiger partial charge in [-0.3, -0.25) is 4.90 Å². The molecule has 0 aliphatic carbocycles. The first-order valence-electron chi connectivity index (χ1n) is 4.88. The lowest BCUT2D eigenvalue weighted by Gasteiger charge is -2.23. The van der Waals surface area contributed by atoms with E-state index in [1.54, 1.807) is 19.0 Å². The summed E-state index contributed by atoms with van der Waals surface area (Å²) < 4.78 is 0. The molecule has 4 heteroatoms. The SMILES string of the molecule is CN(C)CCCC(C#N)C(O)N(C)C. The largest absolute Gasteiger partial charge is 0.377 e. The number of hydrogen-bond acceptors (Lipinski definition) is 4. The molecule has 0 spiro atoms. The third kappa shape index (κ3) is 5.18. The third-order valence-corrected chi connectivity index (χ3v) is 2.18. The maximum Gasteiger partial charge on any atom is 0.122 e. The van der Waals surface area contributed by atoms with E-state index in [9.17, 15) is 5.11 Å². The third-order valence-electron chi connectivity index (χ3n) is 2.18. The predicted octanol–water partition coefficient (Wildman–Crippen LogP) is 0.348. The second-order valence-electron chi connectivity index (χ2n) is 4.06. The van der Waals surface area contributed by atoms with E-state index >= 15 is 0 Å². The normalized spacial score (nSPS) is 15.6. The van der Waals surface area contributed by atoms with Crippen molar-refractivity contribution in [2.45, 2.75) is 19.1 Å². The fourth-order valence-electron chi connectivity index (χ4n) is 1.27. The van der Waals surface area contributed by atoms with Gasteiger partial charge in [-0.1, -0.05) is 0 Å². The Morgan fingerprint density at radius 3 is 2.21 bits per heavy atom. The summed E-state index contributed by atoms with van der Waals surface area (Å²) in [5, 5.41) is 18.5. The summed E-state index contributed by atoms with van der Waals surface area (Å²) in [6.07, 6.45) is 1.03. The van der Waals surface area contributed by atoms with Crippen molar-refractivity contribution in [3.63, 3.8) is 0 Å². The van der Waals surface area contributed by atoms with Gasteiger partial charge in [-0.15, -0.1) is 0 Å². The average molecular weight is 199 g/mol. The molecule has 4 nitrogen and oxygen atoms in total. The van der Waals surface area contributed by atoms with Gasteiger partial charge in [-0.25, -0.2) is 0 Å². The molecule has 0 amide bonds. The molecule has 0 rings (SSSR count). The Morgan fingerprint density at radius 1 is 1.29 bits per heavy atom. The standard InChI is InChI=1S/C10H21N3O/c1-12(2)7-5-6-9(8-11)10(14)13(3)4/h9-10,14H,5-7H2,1-4H3. The summed E-state index contributed by atoms with van der Waals surface area (Å²) >= 11 is 0. The molecular formula is C10H21N3O. The molecule has 2 unspecified atom stereocenters. The van der Waals surface area contributed by atoms with Crippen molar-refractivity contribution in [3.8, 4) is 6.07 Å². The van der Waals surface area contributed by atoms with Crippen molar-refractivity contribution in [2.24, 2.45) is 5.92 Å². The second-order valence-corrected chi connectivity index (χ2v) is 4.06. The molecule has 0 aromatic heterocycles. The number of nitrogens with zero attached hydrogens (tertiary/aromatic N) is 3. The fraction of sp³-hybridized carbons (Fsp3) is 0.900. The summed E-state index contributed by atoms with van der Waals surface area (Å²) in [5.41, 5.74) is 0. The van der Waals surface area contributed by atoms with Crippen LogP contribution in [0.4, 0.5) is 0 Å². The number of nitriles is 1. The van der Waals surface area contributed by atoms with Crippen molar-refractivity contribution in [3.05, 3.63) is 0 Å². The number of aliphatic hydroxyl groups excluding tert-OH is 1. The van der Waals surface area contributed by atoms with Gasteiger partial charge in [0.05, 0.1) is 12.0 Å². The molecule has 0 saturated heterocycles. The van der Waals surface area contributed by atoms with Gasteiger partial charge in [0.2, 0.25) is 0 Å². The molecule has 0 saturated carbocycles. The van der Waals surface area contributed by atoms with E-state index in [1.807, 2.05) is 14.1 Å². The van der Waals surface area contributed by atoms with Crippen LogP contribution < -0.4 is 0 Å². The number of aliphatic hydroxyl groups is 1. The molecule has 0 aromatic rings. The molecule has 0 bridgehead atoms. The van der Waals surface area contributed by atoms with Gasteiger partial charge in [0.15, 0.2) is 0 Å². The lowest BCUT2D eigenvalue weighted by Crippen LogP contribution is -2.34. The van der Waals surface area contributed by atoms with Gasteiger partial charge in [-0.05, 0) is 47.6 Å². The maximum absolute atomic E-state index is 9.64. The Labute approximate surface area is 86.7 Å². The van der Waals surface area contributed by atoms with Crippen LogP contribution in [0, 0.1) is 17.2 Å². The van der Waals surface area contributed by atoms with E-state index in [0.29, 0.717) is 0 Å². The molecule has 0 aliphatic heterocycles.